The number of aromatic nitrogens is 3. The average molecular weight is 472 g/mol. The molecule has 182 valence electrons. The van der Waals surface area contributed by atoms with E-state index in [9.17, 15) is 4.79 Å². The molecule has 0 saturated carbocycles. The fraction of sp³-hybridized carbons (Fsp3) is 0.321. The van der Waals surface area contributed by atoms with Gasteiger partial charge in [-0.1, -0.05) is 45.0 Å². The van der Waals surface area contributed by atoms with Crippen molar-refractivity contribution in [3.05, 3.63) is 78.5 Å². The molecule has 2 aromatic heterocycles. The molecule has 0 fully saturated rings. The number of nitrogens with one attached hydrogen (secondary N) is 1. The lowest BCUT2D eigenvalue weighted by molar-refractivity contribution is 0.0948. The second-order valence-electron chi connectivity index (χ2n) is 9.88. The van der Waals surface area contributed by atoms with Crippen LogP contribution in [0, 0.1) is 0 Å². The Morgan fingerprint density at radius 2 is 1.86 bits per heavy atom. The summed E-state index contributed by atoms with van der Waals surface area (Å²) in [5.41, 5.74) is 4.23. The minimum atomic E-state index is -0.248. The summed E-state index contributed by atoms with van der Waals surface area (Å²) >= 11 is 0. The number of imidazole rings is 1. The lowest BCUT2D eigenvalue weighted by atomic mass is 9.87. The van der Waals surface area contributed by atoms with Gasteiger partial charge in [-0.25, -0.2) is 9.97 Å². The number of hydrogen-bond acceptors (Lipinski definition) is 5. The first-order chi connectivity index (χ1) is 16.7. The highest BCUT2D eigenvalue weighted by molar-refractivity contribution is 5.98. The second kappa shape index (κ2) is 10.2. The lowest BCUT2D eigenvalue weighted by Crippen LogP contribution is -2.26. The summed E-state index contributed by atoms with van der Waals surface area (Å²) in [7, 11) is 3.96. The number of oxazole rings is 1. The third-order valence-electron chi connectivity index (χ3n) is 5.90. The van der Waals surface area contributed by atoms with E-state index in [-0.39, 0.29) is 11.3 Å². The van der Waals surface area contributed by atoms with E-state index in [2.05, 4.69) is 48.2 Å². The fourth-order valence-electron chi connectivity index (χ4n) is 3.80. The molecule has 0 saturated heterocycles. The zero-order valence-corrected chi connectivity index (χ0v) is 21.1. The summed E-state index contributed by atoms with van der Waals surface area (Å²) in [5, 5.41) is 3.00. The van der Waals surface area contributed by atoms with E-state index in [0.717, 1.165) is 29.8 Å². The van der Waals surface area contributed by atoms with E-state index in [1.54, 1.807) is 12.5 Å². The zero-order valence-electron chi connectivity index (χ0n) is 21.1. The van der Waals surface area contributed by atoms with Crippen molar-refractivity contribution in [2.45, 2.75) is 39.2 Å². The molecular weight excluding hydrogens is 438 g/mol. The van der Waals surface area contributed by atoms with Crippen LogP contribution in [-0.4, -0.2) is 41.1 Å². The minimum Gasteiger partial charge on any atom is -0.435 e. The molecule has 7 nitrogen and oxygen atoms in total. The van der Waals surface area contributed by atoms with Gasteiger partial charge in [0.25, 0.3) is 5.91 Å². The number of amides is 1. The van der Waals surface area contributed by atoms with Crippen LogP contribution >= 0.6 is 0 Å². The van der Waals surface area contributed by atoms with Crippen molar-refractivity contribution in [3.63, 3.8) is 0 Å². The third kappa shape index (κ3) is 5.80. The van der Waals surface area contributed by atoms with Crippen LogP contribution in [-0.2, 0) is 12.0 Å². The summed E-state index contributed by atoms with van der Waals surface area (Å²) in [6, 6.07) is 16.1. The van der Waals surface area contributed by atoms with Crippen LogP contribution in [0.3, 0.4) is 0 Å². The van der Waals surface area contributed by atoms with Crippen LogP contribution in [0.5, 0.6) is 0 Å². The van der Waals surface area contributed by atoms with Crippen molar-refractivity contribution in [3.8, 4) is 22.8 Å². The Kier molecular flexibility index (Phi) is 7.05. The van der Waals surface area contributed by atoms with E-state index >= 15 is 0 Å². The Hall–Kier alpha value is -3.87. The van der Waals surface area contributed by atoms with Gasteiger partial charge < -0.3 is 19.2 Å². The van der Waals surface area contributed by atoms with Crippen LogP contribution < -0.4 is 10.2 Å². The van der Waals surface area contributed by atoms with Gasteiger partial charge in [0, 0.05) is 56.4 Å². The third-order valence-corrected chi connectivity index (χ3v) is 5.90. The maximum atomic E-state index is 13.2. The zero-order chi connectivity index (χ0) is 25.0. The first-order valence-electron chi connectivity index (χ1n) is 11.9. The van der Waals surface area contributed by atoms with Crippen LogP contribution in [0.4, 0.5) is 5.69 Å². The number of carbonyl (C=O) groups is 1. The van der Waals surface area contributed by atoms with Gasteiger partial charge in [0.2, 0.25) is 5.89 Å². The maximum Gasteiger partial charge on any atom is 0.273 e. The Bertz CT molecular complexity index is 1270. The number of hydrogen-bond donors (Lipinski definition) is 1. The number of carbonyl (C=O) groups excluding carboxylic acids is 1. The highest BCUT2D eigenvalue weighted by atomic mass is 16.4. The van der Waals surface area contributed by atoms with Crippen LogP contribution in [0.25, 0.3) is 22.8 Å². The molecule has 35 heavy (non-hydrogen) atoms. The van der Waals surface area contributed by atoms with Crippen molar-refractivity contribution in [2.24, 2.45) is 0 Å². The maximum absolute atomic E-state index is 13.2. The average Bonchev–Trinajstić information content (AvgIpc) is 3.52. The van der Waals surface area contributed by atoms with Crippen molar-refractivity contribution < 1.29 is 9.21 Å². The molecule has 2 aromatic carbocycles. The van der Waals surface area contributed by atoms with Crippen LogP contribution in [0.1, 0.15) is 43.2 Å². The molecule has 0 bridgehead atoms. The monoisotopic (exact) mass is 471 g/mol. The Morgan fingerprint density at radius 1 is 1.09 bits per heavy atom. The Labute approximate surface area is 206 Å². The lowest BCUT2D eigenvalue weighted by Gasteiger charge is -2.18. The molecule has 0 spiro atoms. The molecule has 0 aliphatic heterocycles. The molecule has 0 aliphatic carbocycles. The molecule has 0 aliphatic rings. The molecule has 4 rings (SSSR count). The van der Waals surface area contributed by atoms with Crippen molar-refractivity contribution in [1.82, 2.24) is 19.9 Å². The summed E-state index contributed by atoms with van der Waals surface area (Å²) in [4.78, 5) is 23.9. The quantitative estimate of drug-likeness (QED) is 0.349. The van der Waals surface area contributed by atoms with E-state index in [0.29, 0.717) is 23.9 Å². The van der Waals surface area contributed by atoms with Gasteiger partial charge in [0.15, 0.2) is 11.5 Å². The van der Waals surface area contributed by atoms with Crippen LogP contribution in [0.15, 0.2) is 71.7 Å². The molecule has 2 heterocycles. The largest absolute Gasteiger partial charge is 0.435 e. The fourth-order valence-corrected chi connectivity index (χ4v) is 3.80. The van der Waals surface area contributed by atoms with E-state index in [4.69, 9.17) is 4.42 Å². The topological polar surface area (TPSA) is 76.2 Å². The summed E-state index contributed by atoms with van der Waals surface area (Å²) in [6.45, 7) is 7.84. The van der Waals surface area contributed by atoms with Gasteiger partial charge in [-0.05, 0) is 41.7 Å². The number of benzene rings is 2. The van der Waals surface area contributed by atoms with Crippen molar-refractivity contribution >= 4 is 11.6 Å². The first kappa shape index (κ1) is 24.3. The number of rotatable bonds is 8. The number of aryl methyl sites for hydroxylation is 1. The van der Waals surface area contributed by atoms with Crippen LogP contribution in [0.2, 0.25) is 0 Å². The van der Waals surface area contributed by atoms with Gasteiger partial charge in [-0.15, -0.1) is 0 Å². The standard InChI is InChI=1S/C28H33N5O2/c1-28(2,3)22-12-10-20(11-13-22)27-31-24(26(34)30-14-7-16-33-17-15-29-19-33)25(35-27)21-8-6-9-23(18-21)32(4)5/h6,8-13,15,17-19H,7,14,16H2,1-5H3,(H,30,34). The Morgan fingerprint density at radius 3 is 2.51 bits per heavy atom. The van der Waals surface area contributed by atoms with E-state index in [1.807, 2.05) is 66.2 Å². The van der Waals surface area contributed by atoms with Gasteiger partial charge >= 0.3 is 0 Å². The predicted molar refractivity (Wildman–Crippen MR) is 140 cm³/mol. The smallest absolute Gasteiger partial charge is 0.273 e. The summed E-state index contributed by atoms with van der Waals surface area (Å²) < 4.78 is 8.22. The van der Waals surface area contributed by atoms with Gasteiger partial charge in [0.05, 0.1) is 6.33 Å². The number of nitrogens with zero attached hydrogens (tertiary/aromatic N) is 4. The van der Waals surface area contributed by atoms with Crippen molar-refractivity contribution in [1.29, 1.82) is 0 Å². The molecule has 1 N–H and O–H groups in total. The van der Waals surface area contributed by atoms with Gasteiger partial charge in [-0.2, -0.15) is 0 Å². The molecule has 0 unspecified atom stereocenters. The summed E-state index contributed by atoms with van der Waals surface area (Å²) in [5.74, 6) is 0.650. The van der Waals surface area contributed by atoms with Crippen molar-refractivity contribution in [2.75, 3.05) is 25.5 Å². The van der Waals surface area contributed by atoms with Gasteiger partial charge in [-0.3, -0.25) is 4.79 Å². The molecule has 4 aromatic rings. The molecule has 0 atom stereocenters. The van der Waals surface area contributed by atoms with Gasteiger partial charge in [0.1, 0.15) is 0 Å². The Balaban J connectivity index is 1.62. The minimum absolute atomic E-state index is 0.0503. The molecule has 0 radical (unpaired) electrons. The second-order valence-corrected chi connectivity index (χ2v) is 9.88. The predicted octanol–water partition coefficient (Wildman–Crippen LogP) is 5.39. The first-order valence-corrected chi connectivity index (χ1v) is 11.9. The SMILES string of the molecule is CN(C)c1cccc(-c2oc(-c3ccc(C(C)(C)C)cc3)nc2C(=O)NCCCn2ccnc2)c1. The molecule has 1 amide bonds. The number of anilines is 1. The highest BCUT2D eigenvalue weighted by Gasteiger charge is 2.23. The molecular formula is C28H33N5O2. The molecule has 7 heteroatoms. The highest BCUT2D eigenvalue weighted by Crippen LogP contribution is 2.33. The normalized spacial score (nSPS) is 11.5. The van der Waals surface area contributed by atoms with E-state index in [1.165, 1.54) is 5.56 Å². The summed E-state index contributed by atoms with van der Waals surface area (Å²) in [6.07, 6.45) is 6.21. The van der Waals surface area contributed by atoms with E-state index < -0.39 is 0 Å².